The smallest absolute Gasteiger partial charge is 0.332 e. The number of carbonyl (C=O) groups is 1. The number of aromatic nitrogens is 4. The van der Waals surface area contributed by atoms with Gasteiger partial charge in [-0.3, -0.25) is 0 Å². The predicted molar refractivity (Wildman–Crippen MR) is 28.2 cm³/mol. The van der Waals surface area contributed by atoms with E-state index in [9.17, 15) is 4.79 Å². The molecular formula is C3H5N5O2. The summed E-state index contributed by atoms with van der Waals surface area (Å²) in [5.74, 6) is 4.22. The van der Waals surface area contributed by atoms with E-state index in [1.54, 1.807) is 0 Å². The van der Waals surface area contributed by atoms with Gasteiger partial charge in [-0.15, -0.1) is 10.2 Å². The van der Waals surface area contributed by atoms with Gasteiger partial charge in [0.05, 0.1) is 0 Å². The molecule has 0 spiro atoms. The zero-order valence-electron chi connectivity index (χ0n) is 4.94. The minimum Gasteiger partial charge on any atom is -0.373 e. The molecule has 0 atom stereocenters. The average molecular weight is 143 g/mol. The van der Waals surface area contributed by atoms with Crippen LogP contribution in [-0.2, 0) is 16.1 Å². The maximum atomic E-state index is 10.4. The van der Waals surface area contributed by atoms with Gasteiger partial charge in [-0.1, -0.05) is 5.21 Å². The Labute approximate surface area is 55.5 Å². The van der Waals surface area contributed by atoms with Gasteiger partial charge in [-0.05, 0) is 0 Å². The van der Waals surface area contributed by atoms with Gasteiger partial charge in [0.25, 0.3) is 0 Å². The molecule has 3 N–H and O–H groups in total. The minimum atomic E-state index is -0.596. The van der Waals surface area contributed by atoms with E-state index in [0.717, 1.165) is 0 Å². The summed E-state index contributed by atoms with van der Waals surface area (Å²) in [7, 11) is 0. The Hall–Kier alpha value is -1.50. The quantitative estimate of drug-likeness (QED) is 0.471. The molecule has 0 unspecified atom stereocenters. The van der Waals surface area contributed by atoms with Crippen molar-refractivity contribution >= 4 is 5.97 Å². The zero-order valence-corrected chi connectivity index (χ0v) is 4.94. The molecule has 10 heavy (non-hydrogen) atoms. The number of nitrogens with one attached hydrogen (secondary N) is 1. The maximum absolute atomic E-state index is 10.4. The topological polar surface area (TPSA) is 107 Å². The lowest BCUT2D eigenvalue weighted by atomic mass is 10.4. The Morgan fingerprint density at radius 1 is 1.80 bits per heavy atom. The number of hydrogen-bond acceptors (Lipinski definition) is 6. The van der Waals surface area contributed by atoms with Crippen LogP contribution < -0.4 is 5.90 Å². The van der Waals surface area contributed by atoms with Crippen molar-refractivity contribution in [3.63, 3.8) is 0 Å². The van der Waals surface area contributed by atoms with Crippen molar-refractivity contribution in [1.29, 1.82) is 0 Å². The van der Waals surface area contributed by atoms with Crippen LogP contribution >= 0.6 is 0 Å². The number of nitrogens with two attached hydrogens (primary N) is 1. The SMILES string of the molecule is NOC(=O)Cc1nn[nH]n1. The molecule has 1 aromatic heterocycles. The van der Waals surface area contributed by atoms with Crippen molar-refractivity contribution in [3.8, 4) is 0 Å². The van der Waals surface area contributed by atoms with E-state index in [0.29, 0.717) is 0 Å². The molecule has 1 heterocycles. The molecule has 0 saturated heterocycles. The van der Waals surface area contributed by atoms with Crippen LogP contribution in [0.4, 0.5) is 0 Å². The molecule has 1 aromatic rings. The number of hydrogen-bond donors (Lipinski definition) is 2. The Kier molecular flexibility index (Phi) is 1.90. The molecule has 1 rings (SSSR count). The molecule has 0 aliphatic heterocycles. The van der Waals surface area contributed by atoms with Crippen molar-refractivity contribution in [2.75, 3.05) is 0 Å². The van der Waals surface area contributed by atoms with Gasteiger partial charge in [-0.2, -0.15) is 11.1 Å². The lowest BCUT2D eigenvalue weighted by Gasteiger charge is -1.89. The highest BCUT2D eigenvalue weighted by Gasteiger charge is 2.05. The van der Waals surface area contributed by atoms with E-state index >= 15 is 0 Å². The van der Waals surface area contributed by atoms with Gasteiger partial charge < -0.3 is 4.84 Å². The highest BCUT2D eigenvalue weighted by Crippen LogP contribution is 1.85. The summed E-state index contributed by atoms with van der Waals surface area (Å²) in [6.45, 7) is 0. The van der Waals surface area contributed by atoms with Gasteiger partial charge in [0.1, 0.15) is 6.42 Å². The first kappa shape index (κ1) is 6.62. The van der Waals surface area contributed by atoms with Gasteiger partial charge >= 0.3 is 5.97 Å². The molecule has 0 bridgehead atoms. The number of H-pyrrole nitrogens is 1. The van der Waals surface area contributed by atoms with Gasteiger partial charge in [0.2, 0.25) is 0 Å². The molecule has 0 amide bonds. The summed E-state index contributed by atoms with van der Waals surface area (Å²) < 4.78 is 0. The van der Waals surface area contributed by atoms with Crippen molar-refractivity contribution in [2.24, 2.45) is 5.90 Å². The second kappa shape index (κ2) is 2.87. The Morgan fingerprint density at radius 3 is 3.10 bits per heavy atom. The predicted octanol–water partition coefficient (Wildman–Crippen LogP) is -1.84. The molecule has 0 fully saturated rings. The molecule has 0 aromatic carbocycles. The standard InChI is InChI=1S/C3H5N5O2/c4-10-3(9)1-2-5-7-8-6-2/h1,4H2,(H,5,6,7,8). The van der Waals surface area contributed by atoms with Gasteiger partial charge in [-0.25, -0.2) is 4.79 Å². The molecule has 0 aliphatic carbocycles. The first-order valence-electron chi connectivity index (χ1n) is 2.45. The minimum absolute atomic E-state index is 0.0625. The fraction of sp³-hybridized carbons (Fsp3) is 0.333. The van der Waals surface area contributed by atoms with Crippen LogP contribution in [0.2, 0.25) is 0 Å². The summed E-state index contributed by atoms with van der Waals surface area (Å²) in [6, 6.07) is 0. The molecule has 7 nitrogen and oxygen atoms in total. The Balaban J connectivity index is 2.48. The van der Waals surface area contributed by atoms with E-state index in [1.807, 2.05) is 0 Å². The lowest BCUT2D eigenvalue weighted by molar-refractivity contribution is -0.143. The van der Waals surface area contributed by atoms with E-state index in [2.05, 4.69) is 31.4 Å². The van der Waals surface area contributed by atoms with E-state index in [4.69, 9.17) is 0 Å². The van der Waals surface area contributed by atoms with Crippen molar-refractivity contribution in [3.05, 3.63) is 5.82 Å². The number of aromatic amines is 1. The third-order valence-electron chi connectivity index (χ3n) is 0.823. The van der Waals surface area contributed by atoms with Crippen LogP contribution in [0.5, 0.6) is 0 Å². The van der Waals surface area contributed by atoms with Gasteiger partial charge in [0.15, 0.2) is 5.82 Å². The molecule has 54 valence electrons. The maximum Gasteiger partial charge on any atom is 0.332 e. The van der Waals surface area contributed by atoms with Gasteiger partial charge in [0, 0.05) is 0 Å². The van der Waals surface area contributed by atoms with Crippen molar-refractivity contribution < 1.29 is 9.63 Å². The number of nitrogens with zero attached hydrogens (tertiary/aromatic N) is 3. The molecule has 0 saturated carbocycles. The normalized spacial score (nSPS) is 9.30. The molecule has 0 aliphatic rings. The second-order valence-electron chi connectivity index (χ2n) is 1.49. The monoisotopic (exact) mass is 143 g/mol. The highest BCUT2D eigenvalue weighted by atomic mass is 16.7. The van der Waals surface area contributed by atoms with Crippen LogP contribution in [0, 0.1) is 0 Å². The number of rotatable bonds is 2. The van der Waals surface area contributed by atoms with Crippen molar-refractivity contribution in [2.45, 2.75) is 6.42 Å². The van der Waals surface area contributed by atoms with E-state index in [1.165, 1.54) is 0 Å². The Morgan fingerprint density at radius 2 is 2.60 bits per heavy atom. The molecular weight excluding hydrogens is 138 g/mol. The molecule has 7 heteroatoms. The van der Waals surface area contributed by atoms with Crippen LogP contribution in [0.1, 0.15) is 5.82 Å². The van der Waals surface area contributed by atoms with Crippen molar-refractivity contribution in [1.82, 2.24) is 20.6 Å². The highest BCUT2D eigenvalue weighted by molar-refractivity contribution is 5.70. The summed E-state index contributed by atoms with van der Waals surface area (Å²) in [4.78, 5) is 14.3. The molecule has 0 radical (unpaired) electrons. The number of tetrazole rings is 1. The lowest BCUT2D eigenvalue weighted by Crippen LogP contribution is -2.13. The third-order valence-corrected chi connectivity index (χ3v) is 0.823. The fourth-order valence-electron chi connectivity index (χ4n) is 0.428. The zero-order chi connectivity index (χ0) is 7.40. The summed E-state index contributed by atoms with van der Waals surface area (Å²) in [5, 5.41) is 12.4. The fourth-order valence-corrected chi connectivity index (χ4v) is 0.428. The van der Waals surface area contributed by atoms with Crippen LogP contribution in [0.15, 0.2) is 0 Å². The van der Waals surface area contributed by atoms with Crippen LogP contribution in [0.3, 0.4) is 0 Å². The van der Waals surface area contributed by atoms with Crippen LogP contribution in [0.25, 0.3) is 0 Å². The Bertz CT molecular complexity index is 207. The second-order valence-corrected chi connectivity index (χ2v) is 1.49. The van der Waals surface area contributed by atoms with E-state index < -0.39 is 5.97 Å². The average Bonchev–Trinajstić information content (AvgIpc) is 2.40. The summed E-state index contributed by atoms with van der Waals surface area (Å²) in [5.41, 5.74) is 0. The largest absolute Gasteiger partial charge is 0.373 e. The van der Waals surface area contributed by atoms with Crippen LogP contribution in [-0.4, -0.2) is 26.6 Å². The number of carbonyl (C=O) groups excluding carboxylic acids is 1. The first-order chi connectivity index (χ1) is 4.83. The van der Waals surface area contributed by atoms with E-state index in [-0.39, 0.29) is 12.2 Å². The summed E-state index contributed by atoms with van der Waals surface area (Å²) in [6.07, 6.45) is -0.0625. The summed E-state index contributed by atoms with van der Waals surface area (Å²) >= 11 is 0. The third kappa shape index (κ3) is 1.49. The first-order valence-corrected chi connectivity index (χ1v) is 2.45.